The summed E-state index contributed by atoms with van der Waals surface area (Å²) in [6.07, 6.45) is 4.40. The zero-order valence-electron chi connectivity index (χ0n) is 12.3. The molecular formula is C17H21BrN2O. The third-order valence-electron chi connectivity index (χ3n) is 3.80. The van der Waals surface area contributed by atoms with Crippen LogP contribution in [0.3, 0.4) is 0 Å². The van der Waals surface area contributed by atoms with Crippen LogP contribution in [0.2, 0.25) is 0 Å². The molecule has 1 aliphatic carbocycles. The predicted octanol–water partition coefficient (Wildman–Crippen LogP) is 3.93. The van der Waals surface area contributed by atoms with Gasteiger partial charge in [-0.15, -0.1) is 0 Å². The molecule has 0 saturated heterocycles. The maximum absolute atomic E-state index is 5.62. The van der Waals surface area contributed by atoms with Gasteiger partial charge >= 0.3 is 0 Å². The number of halogens is 1. The van der Waals surface area contributed by atoms with E-state index >= 15 is 0 Å². The molecule has 2 aromatic rings. The lowest BCUT2D eigenvalue weighted by atomic mass is 10.2. The van der Waals surface area contributed by atoms with E-state index in [-0.39, 0.29) is 0 Å². The van der Waals surface area contributed by atoms with Gasteiger partial charge < -0.3 is 9.73 Å². The van der Waals surface area contributed by atoms with Crippen LogP contribution in [0.15, 0.2) is 45.5 Å². The molecule has 21 heavy (non-hydrogen) atoms. The predicted molar refractivity (Wildman–Crippen MR) is 87.9 cm³/mol. The lowest BCUT2D eigenvalue weighted by Crippen LogP contribution is -2.20. The van der Waals surface area contributed by atoms with Crippen LogP contribution in [0.25, 0.3) is 0 Å². The normalized spacial score (nSPS) is 14.8. The Hall–Kier alpha value is -1.10. The average molecular weight is 349 g/mol. The van der Waals surface area contributed by atoms with Crippen LogP contribution in [-0.4, -0.2) is 18.0 Å². The summed E-state index contributed by atoms with van der Waals surface area (Å²) in [4.78, 5) is 2.31. The van der Waals surface area contributed by atoms with Gasteiger partial charge in [0.1, 0.15) is 5.76 Å². The zero-order valence-corrected chi connectivity index (χ0v) is 13.9. The lowest BCUT2D eigenvalue weighted by Gasteiger charge is -2.17. The van der Waals surface area contributed by atoms with Crippen molar-refractivity contribution in [1.29, 1.82) is 0 Å². The van der Waals surface area contributed by atoms with E-state index in [1.54, 1.807) is 6.26 Å². The SMILES string of the molecule is CN(Cc1ccccc1Br)Cc1ccoc1CNC1CC1. The third kappa shape index (κ3) is 4.19. The van der Waals surface area contributed by atoms with Gasteiger partial charge in [0, 0.05) is 29.2 Å². The van der Waals surface area contributed by atoms with Crippen molar-refractivity contribution in [2.24, 2.45) is 0 Å². The van der Waals surface area contributed by atoms with Gasteiger partial charge in [-0.2, -0.15) is 0 Å². The molecule has 3 rings (SSSR count). The fraction of sp³-hybridized carbons (Fsp3) is 0.412. The molecule has 1 aliphatic rings. The molecule has 0 bridgehead atoms. The van der Waals surface area contributed by atoms with E-state index in [4.69, 9.17) is 4.42 Å². The lowest BCUT2D eigenvalue weighted by molar-refractivity contribution is 0.314. The Morgan fingerprint density at radius 3 is 2.71 bits per heavy atom. The zero-order chi connectivity index (χ0) is 14.7. The van der Waals surface area contributed by atoms with Crippen LogP contribution < -0.4 is 5.32 Å². The molecule has 112 valence electrons. The molecule has 0 unspecified atom stereocenters. The second kappa shape index (κ2) is 6.77. The summed E-state index contributed by atoms with van der Waals surface area (Å²) in [6, 6.07) is 11.2. The molecule has 1 fully saturated rings. The smallest absolute Gasteiger partial charge is 0.122 e. The monoisotopic (exact) mass is 348 g/mol. The number of nitrogens with one attached hydrogen (secondary N) is 1. The molecule has 1 aromatic carbocycles. The maximum atomic E-state index is 5.62. The van der Waals surface area contributed by atoms with E-state index in [1.165, 1.54) is 28.4 Å². The quantitative estimate of drug-likeness (QED) is 0.821. The van der Waals surface area contributed by atoms with E-state index in [0.29, 0.717) is 6.04 Å². The molecule has 0 aliphatic heterocycles. The Morgan fingerprint density at radius 1 is 1.19 bits per heavy atom. The Morgan fingerprint density at radius 2 is 1.95 bits per heavy atom. The molecule has 0 atom stereocenters. The minimum absolute atomic E-state index is 0.709. The average Bonchev–Trinajstić information content (AvgIpc) is 3.20. The summed E-state index contributed by atoms with van der Waals surface area (Å²) in [7, 11) is 2.14. The van der Waals surface area contributed by atoms with E-state index in [9.17, 15) is 0 Å². The summed E-state index contributed by atoms with van der Waals surface area (Å²) in [5.74, 6) is 1.07. The van der Waals surface area contributed by atoms with Crippen LogP contribution in [0.5, 0.6) is 0 Å². The molecule has 3 nitrogen and oxygen atoms in total. The number of hydrogen-bond donors (Lipinski definition) is 1. The number of benzene rings is 1. The number of hydrogen-bond acceptors (Lipinski definition) is 3. The second-order valence-corrected chi connectivity index (χ2v) is 6.64. The van der Waals surface area contributed by atoms with Crippen LogP contribution in [-0.2, 0) is 19.6 Å². The van der Waals surface area contributed by atoms with Crippen molar-refractivity contribution in [3.05, 3.63) is 58.0 Å². The van der Waals surface area contributed by atoms with Gasteiger partial charge in [-0.1, -0.05) is 34.1 Å². The minimum atomic E-state index is 0.709. The molecule has 1 aromatic heterocycles. The largest absolute Gasteiger partial charge is 0.468 e. The van der Waals surface area contributed by atoms with Crippen LogP contribution in [0.1, 0.15) is 29.7 Å². The van der Waals surface area contributed by atoms with Crippen LogP contribution in [0, 0.1) is 0 Å². The van der Waals surface area contributed by atoms with Crippen molar-refractivity contribution in [3.8, 4) is 0 Å². The summed E-state index contributed by atoms with van der Waals surface area (Å²) >= 11 is 3.61. The van der Waals surface area contributed by atoms with Gasteiger partial charge in [-0.05, 0) is 37.6 Å². The first-order valence-electron chi connectivity index (χ1n) is 7.43. The first-order chi connectivity index (χ1) is 10.2. The topological polar surface area (TPSA) is 28.4 Å². The molecule has 4 heteroatoms. The Kier molecular flexibility index (Phi) is 4.78. The second-order valence-electron chi connectivity index (χ2n) is 5.79. The Labute approximate surface area is 134 Å². The van der Waals surface area contributed by atoms with Crippen molar-refractivity contribution >= 4 is 15.9 Å². The number of furan rings is 1. The minimum Gasteiger partial charge on any atom is -0.468 e. The van der Waals surface area contributed by atoms with Gasteiger partial charge in [0.2, 0.25) is 0 Å². The molecule has 0 radical (unpaired) electrons. The molecule has 0 amide bonds. The highest BCUT2D eigenvalue weighted by Gasteiger charge is 2.21. The number of rotatable bonds is 7. The standard InChI is InChI=1S/C17H21BrN2O/c1-20(11-13-4-2-3-5-16(13)18)12-14-8-9-21-17(14)10-19-15-6-7-15/h2-5,8-9,15,19H,6-7,10-12H2,1H3. The summed E-state index contributed by atoms with van der Waals surface area (Å²) < 4.78 is 6.79. The van der Waals surface area contributed by atoms with Gasteiger partial charge in [0.15, 0.2) is 0 Å². The Bertz CT molecular complexity index is 592. The summed E-state index contributed by atoms with van der Waals surface area (Å²) in [5, 5.41) is 3.51. The van der Waals surface area contributed by atoms with E-state index in [1.807, 2.05) is 6.07 Å². The van der Waals surface area contributed by atoms with E-state index in [2.05, 4.69) is 57.5 Å². The van der Waals surface area contributed by atoms with Crippen molar-refractivity contribution in [1.82, 2.24) is 10.2 Å². The first kappa shape index (κ1) is 14.8. The van der Waals surface area contributed by atoms with E-state index in [0.717, 1.165) is 25.4 Å². The van der Waals surface area contributed by atoms with E-state index < -0.39 is 0 Å². The van der Waals surface area contributed by atoms with Gasteiger partial charge in [-0.3, -0.25) is 4.90 Å². The molecular weight excluding hydrogens is 328 g/mol. The molecule has 1 N–H and O–H groups in total. The van der Waals surface area contributed by atoms with Crippen molar-refractivity contribution in [3.63, 3.8) is 0 Å². The van der Waals surface area contributed by atoms with Gasteiger partial charge in [-0.25, -0.2) is 0 Å². The third-order valence-corrected chi connectivity index (χ3v) is 4.58. The fourth-order valence-corrected chi connectivity index (χ4v) is 2.86. The first-order valence-corrected chi connectivity index (χ1v) is 8.22. The maximum Gasteiger partial charge on any atom is 0.122 e. The fourth-order valence-electron chi connectivity index (χ4n) is 2.45. The van der Waals surface area contributed by atoms with Crippen LogP contribution in [0.4, 0.5) is 0 Å². The highest BCUT2D eigenvalue weighted by Crippen LogP contribution is 2.22. The van der Waals surface area contributed by atoms with Gasteiger partial charge in [0.05, 0.1) is 12.8 Å². The highest BCUT2D eigenvalue weighted by atomic mass is 79.9. The molecule has 1 heterocycles. The highest BCUT2D eigenvalue weighted by molar-refractivity contribution is 9.10. The van der Waals surface area contributed by atoms with Crippen molar-refractivity contribution in [2.45, 2.75) is 38.5 Å². The number of nitrogens with zero attached hydrogens (tertiary/aromatic N) is 1. The van der Waals surface area contributed by atoms with Crippen molar-refractivity contribution in [2.75, 3.05) is 7.05 Å². The van der Waals surface area contributed by atoms with Crippen LogP contribution >= 0.6 is 15.9 Å². The molecule has 1 saturated carbocycles. The van der Waals surface area contributed by atoms with Crippen molar-refractivity contribution < 1.29 is 4.42 Å². The molecule has 0 spiro atoms. The van der Waals surface area contributed by atoms with Gasteiger partial charge in [0.25, 0.3) is 0 Å². The summed E-state index contributed by atoms with van der Waals surface area (Å²) in [5.41, 5.74) is 2.58. The summed E-state index contributed by atoms with van der Waals surface area (Å²) in [6.45, 7) is 2.66. The Balaban J connectivity index is 1.58.